The zero-order chi connectivity index (χ0) is 21.8. The molecule has 1 N–H and O–H groups in total. The minimum Gasteiger partial charge on any atom is -0.297 e. The van der Waals surface area contributed by atoms with Crippen molar-refractivity contribution in [1.82, 2.24) is 14.8 Å². The van der Waals surface area contributed by atoms with E-state index in [9.17, 15) is 10.1 Å². The van der Waals surface area contributed by atoms with Gasteiger partial charge in [-0.3, -0.25) is 10.1 Å². The third-order valence-corrected chi connectivity index (χ3v) is 5.60. The number of rotatable bonds is 5. The Morgan fingerprint density at radius 2 is 1.84 bits per heavy atom. The second kappa shape index (κ2) is 8.96. The molecular formula is C23H16ClN5OS. The molecule has 2 heterocycles. The molecule has 6 nitrogen and oxygen atoms in total. The topological polar surface area (TPSA) is 83.6 Å². The smallest absolute Gasteiger partial charge is 0.268 e. The van der Waals surface area contributed by atoms with E-state index in [1.54, 1.807) is 4.68 Å². The van der Waals surface area contributed by atoms with E-state index in [1.165, 1.54) is 17.4 Å². The van der Waals surface area contributed by atoms with Crippen molar-refractivity contribution in [2.24, 2.45) is 0 Å². The summed E-state index contributed by atoms with van der Waals surface area (Å²) in [6.45, 7) is 1.83. The molecule has 8 heteroatoms. The fourth-order valence-corrected chi connectivity index (χ4v) is 3.98. The summed E-state index contributed by atoms with van der Waals surface area (Å²) < 4.78 is 1.67. The van der Waals surface area contributed by atoms with Gasteiger partial charge in [-0.15, -0.1) is 11.3 Å². The molecule has 2 aromatic carbocycles. The minimum atomic E-state index is -0.556. The number of hydrogen-bond donors (Lipinski definition) is 1. The van der Waals surface area contributed by atoms with Gasteiger partial charge in [0.15, 0.2) is 10.3 Å². The van der Waals surface area contributed by atoms with E-state index in [-0.39, 0.29) is 10.7 Å². The number of benzene rings is 2. The first-order chi connectivity index (χ1) is 15.1. The number of nitriles is 1. The van der Waals surface area contributed by atoms with Crippen molar-refractivity contribution in [1.29, 1.82) is 5.26 Å². The predicted molar refractivity (Wildman–Crippen MR) is 123 cm³/mol. The summed E-state index contributed by atoms with van der Waals surface area (Å²) in [6.07, 6.45) is 1.45. The molecule has 0 radical (unpaired) electrons. The van der Waals surface area contributed by atoms with Crippen LogP contribution in [0.5, 0.6) is 0 Å². The number of nitrogens with zero attached hydrogens (tertiary/aromatic N) is 4. The number of thiazole rings is 1. The molecule has 4 rings (SSSR count). The fraction of sp³-hybridized carbons (Fsp3) is 0.0435. The van der Waals surface area contributed by atoms with Gasteiger partial charge in [-0.05, 0) is 25.1 Å². The van der Waals surface area contributed by atoms with E-state index in [0.29, 0.717) is 10.7 Å². The number of carbonyl (C=O) groups is 1. The normalized spacial score (nSPS) is 11.2. The van der Waals surface area contributed by atoms with Crippen LogP contribution in [0.4, 0.5) is 5.13 Å². The van der Waals surface area contributed by atoms with E-state index in [1.807, 2.05) is 79.0 Å². The van der Waals surface area contributed by atoms with Crippen LogP contribution in [0.2, 0.25) is 5.15 Å². The number of anilines is 1. The maximum atomic E-state index is 12.7. The Morgan fingerprint density at radius 1 is 1.16 bits per heavy atom. The highest BCUT2D eigenvalue weighted by Crippen LogP contribution is 2.27. The first kappa shape index (κ1) is 20.5. The molecule has 2 aromatic heterocycles. The third-order valence-electron chi connectivity index (χ3n) is 4.57. The molecule has 4 aromatic rings. The maximum Gasteiger partial charge on any atom is 0.268 e. The lowest BCUT2D eigenvalue weighted by molar-refractivity contribution is -0.112. The molecule has 31 heavy (non-hydrogen) atoms. The van der Waals surface area contributed by atoms with Crippen molar-refractivity contribution < 1.29 is 4.79 Å². The SMILES string of the molecule is Cc1c(/C=C(/C#N)C(=O)Nc2nc(-c3ccccc3)cs2)c(Cl)nn1-c1ccccc1. The van der Waals surface area contributed by atoms with Crippen molar-refractivity contribution in [3.05, 3.63) is 88.0 Å². The average molecular weight is 446 g/mol. The summed E-state index contributed by atoms with van der Waals surface area (Å²) >= 11 is 7.60. The van der Waals surface area contributed by atoms with E-state index in [4.69, 9.17) is 11.6 Å². The number of halogens is 1. The molecule has 0 unspecified atom stereocenters. The van der Waals surface area contributed by atoms with Gasteiger partial charge in [-0.2, -0.15) is 10.4 Å². The van der Waals surface area contributed by atoms with Gasteiger partial charge in [0.1, 0.15) is 11.6 Å². The number of aromatic nitrogens is 3. The Labute approximate surface area is 188 Å². The van der Waals surface area contributed by atoms with Crippen LogP contribution in [0.1, 0.15) is 11.3 Å². The maximum absolute atomic E-state index is 12.7. The molecule has 0 aliphatic carbocycles. The average Bonchev–Trinajstić information content (AvgIpc) is 3.37. The van der Waals surface area contributed by atoms with Crippen molar-refractivity contribution in [3.63, 3.8) is 0 Å². The lowest BCUT2D eigenvalue weighted by Gasteiger charge is -2.04. The quantitative estimate of drug-likeness (QED) is 0.324. The Bertz CT molecular complexity index is 1300. The molecule has 152 valence electrons. The Balaban J connectivity index is 1.58. The van der Waals surface area contributed by atoms with Gasteiger partial charge in [-0.25, -0.2) is 9.67 Å². The van der Waals surface area contributed by atoms with Gasteiger partial charge in [-0.1, -0.05) is 60.1 Å². The van der Waals surface area contributed by atoms with Gasteiger partial charge in [0.25, 0.3) is 5.91 Å². The highest BCUT2D eigenvalue weighted by Gasteiger charge is 2.17. The van der Waals surface area contributed by atoms with Gasteiger partial charge in [0.05, 0.1) is 17.1 Å². The van der Waals surface area contributed by atoms with Crippen molar-refractivity contribution >= 4 is 40.1 Å². The molecule has 0 fully saturated rings. The fourth-order valence-electron chi connectivity index (χ4n) is 2.99. The molecular weight excluding hydrogens is 430 g/mol. The van der Waals surface area contributed by atoms with Crippen molar-refractivity contribution in [2.75, 3.05) is 5.32 Å². The van der Waals surface area contributed by atoms with Crippen LogP contribution in [0.3, 0.4) is 0 Å². The van der Waals surface area contributed by atoms with Gasteiger partial charge in [0, 0.05) is 16.5 Å². The predicted octanol–water partition coefficient (Wildman–Crippen LogP) is 5.50. The van der Waals surface area contributed by atoms with Gasteiger partial charge < -0.3 is 0 Å². The number of hydrogen-bond acceptors (Lipinski definition) is 5. The molecule has 0 atom stereocenters. The number of para-hydroxylation sites is 1. The first-order valence-corrected chi connectivity index (χ1v) is 10.6. The van der Waals surface area contributed by atoms with Gasteiger partial charge in [0.2, 0.25) is 0 Å². The van der Waals surface area contributed by atoms with Crippen LogP contribution in [0, 0.1) is 18.3 Å². The Morgan fingerprint density at radius 3 is 2.52 bits per heavy atom. The first-order valence-electron chi connectivity index (χ1n) is 9.31. The van der Waals surface area contributed by atoms with E-state index in [2.05, 4.69) is 15.4 Å². The molecule has 0 spiro atoms. The summed E-state index contributed by atoms with van der Waals surface area (Å²) in [5.41, 5.74) is 3.69. The van der Waals surface area contributed by atoms with E-state index >= 15 is 0 Å². The molecule has 0 saturated heterocycles. The Kier molecular flexibility index (Phi) is 5.94. The van der Waals surface area contributed by atoms with Crippen LogP contribution < -0.4 is 5.32 Å². The molecule has 0 aliphatic heterocycles. The molecule has 0 saturated carbocycles. The number of carbonyl (C=O) groups excluding carboxylic acids is 1. The Hall–Kier alpha value is -3.73. The highest BCUT2D eigenvalue weighted by atomic mass is 35.5. The minimum absolute atomic E-state index is 0.0888. The summed E-state index contributed by atoms with van der Waals surface area (Å²) in [5, 5.41) is 19.1. The van der Waals surface area contributed by atoms with Crippen molar-refractivity contribution in [2.45, 2.75) is 6.92 Å². The lowest BCUT2D eigenvalue weighted by Crippen LogP contribution is -2.13. The number of nitrogens with one attached hydrogen (secondary N) is 1. The second-order valence-electron chi connectivity index (χ2n) is 6.57. The van der Waals surface area contributed by atoms with Crippen LogP contribution in [0.15, 0.2) is 71.6 Å². The van der Waals surface area contributed by atoms with Gasteiger partial charge >= 0.3 is 0 Å². The standard InChI is InChI=1S/C23H16ClN5OS/c1-15-19(21(24)28-29(15)18-10-6-3-7-11-18)12-17(13-25)22(30)27-23-26-20(14-31-23)16-8-4-2-5-9-16/h2-12,14H,1H3,(H,26,27,30)/b17-12-. The number of amides is 1. The van der Waals surface area contributed by atoms with Crippen molar-refractivity contribution in [3.8, 4) is 23.0 Å². The van der Waals surface area contributed by atoms with Crippen LogP contribution in [0.25, 0.3) is 23.0 Å². The summed E-state index contributed by atoms with van der Waals surface area (Å²) in [6, 6.07) is 21.1. The zero-order valence-electron chi connectivity index (χ0n) is 16.4. The third kappa shape index (κ3) is 4.40. The summed E-state index contributed by atoms with van der Waals surface area (Å²) in [5.74, 6) is -0.556. The van der Waals surface area contributed by atoms with E-state index in [0.717, 1.165) is 22.6 Å². The zero-order valence-corrected chi connectivity index (χ0v) is 18.0. The highest BCUT2D eigenvalue weighted by molar-refractivity contribution is 7.14. The summed E-state index contributed by atoms with van der Waals surface area (Å²) in [7, 11) is 0. The monoisotopic (exact) mass is 445 g/mol. The molecule has 0 aliphatic rings. The second-order valence-corrected chi connectivity index (χ2v) is 7.78. The summed E-state index contributed by atoms with van der Waals surface area (Å²) in [4.78, 5) is 17.1. The van der Waals surface area contributed by atoms with Crippen LogP contribution in [-0.4, -0.2) is 20.7 Å². The van der Waals surface area contributed by atoms with Crippen LogP contribution >= 0.6 is 22.9 Å². The molecule has 0 bridgehead atoms. The molecule has 1 amide bonds. The van der Waals surface area contributed by atoms with E-state index < -0.39 is 5.91 Å². The van der Waals surface area contributed by atoms with Crippen LogP contribution in [-0.2, 0) is 4.79 Å². The largest absolute Gasteiger partial charge is 0.297 e. The lowest BCUT2D eigenvalue weighted by atomic mass is 10.1.